The molecule has 157 valence electrons. The zero-order chi connectivity index (χ0) is 21.3. The van der Waals surface area contributed by atoms with Crippen LogP contribution in [0.2, 0.25) is 0 Å². The van der Waals surface area contributed by atoms with E-state index in [9.17, 15) is 9.00 Å². The summed E-state index contributed by atoms with van der Waals surface area (Å²) in [5.41, 5.74) is 0.590. The molecule has 4 aromatic rings. The van der Waals surface area contributed by atoms with Crippen molar-refractivity contribution in [2.24, 2.45) is 0 Å². The van der Waals surface area contributed by atoms with E-state index in [0.717, 1.165) is 20.6 Å². The van der Waals surface area contributed by atoms with Crippen LogP contribution < -0.4 is 0 Å². The van der Waals surface area contributed by atoms with E-state index < -0.39 is 10.8 Å². The maximum Gasteiger partial charge on any atom is 0.189 e. The first-order valence-electron chi connectivity index (χ1n) is 9.47. The van der Waals surface area contributed by atoms with E-state index in [-0.39, 0.29) is 60.9 Å². The Morgan fingerprint density at radius 1 is 0.742 bits per heavy atom. The van der Waals surface area contributed by atoms with Crippen LogP contribution in [0.1, 0.15) is 17.3 Å². The van der Waals surface area contributed by atoms with Gasteiger partial charge in [0.2, 0.25) is 0 Å². The number of carbonyl (C=O) groups excluding carboxylic acids is 1. The quantitative estimate of drug-likeness (QED) is 0.178. The summed E-state index contributed by atoms with van der Waals surface area (Å²) in [5, 5.41) is 11.2. The van der Waals surface area contributed by atoms with E-state index in [1.54, 1.807) is 6.07 Å². The van der Waals surface area contributed by atoms with Gasteiger partial charge in [0, 0.05) is 70.8 Å². The van der Waals surface area contributed by atoms with Crippen LogP contribution in [0.4, 0.5) is 0 Å². The maximum absolute atomic E-state index is 12.0. The number of hydrogen-bond acceptors (Lipinski definition) is 3. The third-order valence-electron chi connectivity index (χ3n) is 4.29. The third-order valence-corrected chi connectivity index (χ3v) is 5.69. The molecule has 0 saturated carbocycles. The summed E-state index contributed by atoms with van der Waals surface area (Å²) in [6, 6.07) is 32.3. The monoisotopic (exact) mass is 567 g/mol. The molecule has 31 heavy (non-hydrogen) atoms. The van der Waals surface area contributed by atoms with Gasteiger partial charge >= 0.3 is 0 Å². The molecule has 0 aliphatic heterocycles. The number of ketones is 1. The second kappa shape index (κ2) is 12.8. The largest absolute Gasteiger partial charge is 0.512 e. The number of aliphatic hydroxyl groups is 1. The summed E-state index contributed by atoms with van der Waals surface area (Å²) >= 11 is 0. The molecule has 0 atom stereocenters. The van der Waals surface area contributed by atoms with Gasteiger partial charge in [0.25, 0.3) is 0 Å². The topological polar surface area (TPSA) is 54.4 Å². The van der Waals surface area contributed by atoms with Crippen LogP contribution in [0.3, 0.4) is 0 Å². The van der Waals surface area contributed by atoms with Gasteiger partial charge in [-0.25, -0.2) is 4.21 Å². The number of hydrogen-bond donors (Lipinski definition) is 1. The third kappa shape index (κ3) is 7.62. The Balaban J connectivity index is 0.000000215. The number of rotatable bonds is 4. The van der Waals surface area contributed by atoms with Crippen molar-refractivity contribution in [2.75, 3.05) is 0 Å². The average molecular weight is 566 g/mol. The molecule has 0 fully saturated rings. The van der Waals surface area contributed by atoms with E-state index in [0.29, 0.717) is 5.56 Å². The molecule has 0 heterocycles. The number of fused-ring (bicyclic) bond motifs is 1. The van der Waals surface area contributed by atoms with Gasteiger partial charge in [0.05, 0.1) is 16.6 Å². The number of aliphatic hydroxyl groups excluding tert-OH is 1. The molecule has 0 bridgehead atoms. The summed E-state index contributed by atoms with van der Waals surface area (Å²) in [5.74, 6) is -0.149. The fourth-order valence-corrected chi connectivity index (χ4v) is 3.92. The molecule has 0 saturated heterocycles. The summed E-state index contributed by atoms with van der Waals surface area (Å²) in [6.45, 7) is 1.49. The van der Waals surface area contributed by atoms with Crippen molar-refractivity contribution < 1.29 is 63.5 Å². The Hall–Kier alpha value is -1.92. The van der Waals surface area contributed by atoms with Crippen molar-refractivity contribution in [1.82, 2.24) is 0 Å². The van der Waals surface area contributed by atoms with Crippen LogP contribution in [0.25, 0.3) is 10.8 Å². The minimum absolute atomic E-state index is 0. The van der Waals surface area contributed by atoms with Gasteiger partial charge < -0.3 is 5.11 Å². The molecule has 4 rings (SSSR count). The Kier molecular flexibility index (Phi) is 10.5. The van der Waals surface area contributed by atoms with Gasteiger partial charge in [0.15, 0.2) is 5.78 Å². The summed E-state index contributed by atoms with van der Waals surface area (Å²) in [4.78, 5) is 13.4. The van der Waals surface area contributed by atoms with Gasteiger partial charge in [-0.05, 0) is 48.0 Å². The number of benzene rings is 4. The Morgan fingerprint density at radius 3 is 1.74 bits per heavy atom. The van der Waals surface area contributed by atoms with Crippen LogP contribution in [-0.2, 0) is 10.8 Å². The number of carbonyl (C=O) groups is 1. The van der Waals surface area contributed by atoms with Crippen LogP contribution in [-0.4, -0.2) is 15.1 Å². The van der Waals surface area contributed by atoms with Gasteiger partial charge in [0.1, 0.15) is 0 Å². The van der Waals surface area contributed by atoms with Crippen LogP contribution >= 0.6 is 0 Å². The van der Waals surface area contributed by atoms with Crippen molar-refractivity contribution in [2.45, 2.75) is 16.7 Å². The standard InChI is InChI=1S/C14H12O2.C12H10OS.Eu/c1-10(15)8-14(16)13-7-6-11-4-2-3-5-12(11)9-13;13-14(11-7-3-1-4-8-11)12-9-5-2-6-10-12;/h2-9,15H,1H3;1-10H;/b10-8-;;. The van der Waals surface area contributed by atoms with Gasteiger partial charge in [-0.15, -0.1) is 0 Å². The SMILES string of the molecule is C/C(O)=C/C(=O)c1ccc2ccccc2c1.O=S(c1ccccc1)c1ccccc1.[Eu]. The molecule has 0 aliphatic carbocycles. The van der Waals surface area contributed by atoms with Gasteiger partial charge in [-0.3, -0.25) is 4.79 Å². The molecule has 1 N–H and O–H groups in total. The predicted molar refractivity (Wildman–Crippen MR) is 122 cm³/mol. The molecule has 1 radical (unpaired) electrons. The van der Waals surface area contributed by atoms with Crippen LogP contribution in [0, 0.1) is 49.4 Å². The van der Waals surface area contributed by atoms with E-state index in [4.69, 9.17) is 5.11 Å². The zero-order valence-corrected chi connectivity index (χ0v) is 20.2. The van der Waals surface area contributed by atoms with Crippen molar-refractivity contribution in [3.63, 3.8) is 0 Å². The first-order valence-corrected chi connectivity index (χ1v) is 10.6. The first kappa shape index (κ1) is 25.3. The zero-order valence-electron chi connectivity index (χ0n) is 16.9. The van der Waals surface area contributed by atoms with E-state index in [1.807, 2.05) is 97.1 Å². The Morgan fingerprint density at radius 2 is 1.23 bits per heavy atom. The average Bonchev–Trinajstić information content (AvgIpc) is 2.79. The van der Waals surface area contributed by atoms with E-state index >= 15 is 0 Å². The van der Waals surface area contributed by atoms with Crippen LogP contribution in [0.5, 0.6) is 0 Å². The van der Waals surface area contributed by atoms with Crippen molar-refractivity contribution >= 4 is 27.4 Å². The fraction of sp³-hybridized carbons (Fsp3) is 0.0385. The smallest absolute Gasteiger partial charge is 0.189 e. The molecular weight excluding hydrogens is 544 g/mol. The summed E-state index contributed by atoms with van der Waals surface area (Å²) < 4.78 is 12.0. The fourth-order valence-electron chi connectivity index (χ4n) is 2.84. The molecule has 0 aromatic heterocycles. The van der Waals surface area contributed by atoms with Crippen molar-refractivity contribution in [1.29, 1.82) is 0 Å². The minimum Gasteiger partial charge on any atom is -0.512 e. The second-order valence-electron chi connectivity index (χ2n) is 6.61. The second-order valence-corrected chi connectivity index (χ2v) is 8.09. The summed E-state index contributed by atoms with van der Waals surface area (Å²) in [6.07, 6.45) is 1.23. The molecule has 4 aromatic carbocycles. The normalized spacial score (nSPS) is 10.7. The molecule has 0 amide bonds. The minimum atomic E-state index is -1.05. The van der Waals surface area contributed by atoms with E-state index in [2.05, 4.69) is 0 Å². The van der Waals surface area contributed by atoms with Gasteiger partial charge in [-0.2, -0.15) is 0 Å². The molecule has 0 unspecified atom stereocenters. The van der Waals surface area contributed by atoms with Gasteiger partial charge in [-0.1, -0.05) is 72.8 Å². The first-order chi connectivity index (χ1) is 14.5. The molecule has 5 heteroatoms. The maximum atomic E-state index is 12.0. The molecule has 0 spiro atoms. The van der Waals surface area contributed by atoms with E-state index in [1.165, 1.54) is 13.0 Å². The molecular formula is C26H22EuO3S. The Labute approximate surface area is 225 Å². The van der Waals surface area contributed by atoms with Crippen molar-refractivity contribution in [3.05, 3.63) is 121 Å². The summed E-state index contributed by atoms with van der Waals surface area (Å²) in [7, 11) is -1.05. The number of allylic oxidation sites excluding steroid dienone is 2. The van der Waals surface area contributed by atoms with Crippen LogP contribution in [0.15, 0.2) is 125 Å². The predicted octanol–water partition coefficient (Wildman–Crippen LogP) is 6.34. The molecule has 0 aliphatic rings. The Bertz CT molecular complexity index is 1140. The van der Waals surface area contributed by atoms with Crippen molar-refractivity contribution in [3.8, 4) is 0 Å². The molecule has 3 nitrogen and oxygen atoms in total.